The van der Waals surface area contributed by atoms with E-state index in [0.29, 0.717) is 16.8 Å². The van der Waals surface area contributed by atoms with Crippen molar-refractivity contribution in [2.45, 2.75) is 25.9 Å². The van der Waals surface area contributed by atoms with Crippen molar-refractivity contribution < 1.29 is 37.0 Å². The molecule has 0 saturated carbocycles. The van der Waals surface area contributed by atoms with E-state index >= 15 is 0 Å². The number of ether oxygens (including phenoxy) is 3. The molecule has 1 heterocycles. The minimum absolute atomic E-state index is 0.128. The molecule has 32 heavy (non-hydrogen) atoms. The minimum atomic E-state index is -4.81. The number of carbonyl (C=O) groups is 2. The molecule has 0 aliphatic rings. The molecular formula is C20H18F3N3O5S. The number of benzene rings is 2. The predicted octanol–water partition coefficient (Wildman–Crippen LogP) is 5.06. The van der Waals surface area contributed by atoms with Gasteiger partial charge in [-0.3, -0.25) is 5.32 Å². The van der Waals surface area contributed by atoms with Crippen LogP contribution < -0.4 is 15.4 Å². The molecule has 1 unspecified atom stereocenters. The Bertz CT molecular complexity index is 1080. The van der Waals surface area contributed by atoms with Crippen molar-refractivity contribution in [3.05, 3.63) is 54.1 Å². The van der Waals surface area contributed by atoms with Crippen molar-refractivity contribution in [3.63, 3.8) is 0 Å². The first kappa shape index (κ1) is 23.1. The van der Waals surface area contributed by atoms with Crippen molar-refractivity contribution >= 4 is 38.9 Å². The first-order valence-electron chi connectivity index (χ1n) is 9.26. The first-order chi connectivity index (χ1) is 15.2. The summed E-state index contributed by atoms with van der Waals surface area (Å²) in [6.45, 7) is 1.65. The molecule has 0 spiro atoms. The molecule has 0 saturated heterocycles. The standard InChI is InChI=1S/C20H18F3N3O5S/c1-12(11-29-18(27)24-10-13-5-3-2-4-6-13)30-19(28)26-17-25-15-8-7-14(9-16(15)32-17)31-20(21,22)23/h2-9,12H,10-11H2,1H3,(H,24,27)(H,25,26,28). The molecule has 170 valence electrons. The van der Waals surface area contributed by atoms with Gasteiger partial charge in [0.2, 0.25) is 0 Å². The van der Waals surface area contributed by atoms with E-state index in [1.54, 1.807) is 0 Å². The van der Waals surface area contributed by atoms with E-state index in [-0.39, 0.29) is 17.5 Å². The predicted molar refractivity (Wildman–Crippen MR) is 110 cm³/mol. The van der Waals surface area contributed by atoms with Gasteiger partial charge in [0.25, 0.3) is 0 Å². The van der Waals surface area contributed by atoms with Gasteiger partial charge in [-0.05, 0) is 24.6 Å². The Morgan fingerprint density at radius 3 is 2.59 bits per heavy atom. The molecule has 1 aromatic heterocycles. The third-order valence-electron chi connectivity index (χ3n) is 3.84. The van der Waals surface area contributed by atoms with Gasteiger partial charge in [-0.25, -0.2) is 14.6 Å². The van der Waals surface area contributed by atoms with Crippen molar-refractivity contribution in [3.8, 4) is 5.75 Å². The molecule has 0 fully saturated rings. The van der Waals surface area contributed by atoms with Crippen LogP contribution in [-0.2, 0) is 16.0 Å². The van der Waals surface area contributed by atoms with Crippen molar-refractivity contribution in [1.29, 1.82) is 0 Å². The van der Waals surface area contributed by atoms with Crippen LogP contribution in [0.5, 0.6) is 5.75 Å². The van der Waals surface area contributed by atoms with E-state index < -0.39 is 24.7 Å². The van der Waals surface area contributed by atoms with Gasteiger partial charge < -0.3 is 19.5 Å². The number of nitrogens with one attached hydrogen (secondary N) is 2. The van der Waals surface area contributed by atoms with Crippen LogP contribution in [0.3, 0.4) is 0 Å². The topological polar surface area (TPSA) is 98.8 Å². The highest BCUT2D eigenvalue weighted by atomic mass is 32.1. The van der Waals surface area contributed by atoms with E-state index in [1.165, 1.54) is 19.1 Å². The number of alkyl halides is 3. The van der Waals surface area contributed by atoms with Crippen LogP contribution in [0.1, 0.15) is 12.5 Å². The van der Waals surface area contributed by atoms with Crippen molar-refractivity contribution in [2.24, 2.45) is 0 Å². The maximum absolute atomic E-state index is 12.3. The molecule has 12 heteroatoms. The Balaban J connectivity index is 1.44. The number of alkyl carbamates (subject to hydrolysis) is 1. The molecule has 2 N–H and O–H groups in total. The van der Waals surface area contributed by atoms with Gasteiger partial charge in [-0.15, -0.1) is 13.2 Å². The minimum Gasteiger partial charge on any atom is -0.446 e. The van der Waals surface area contributed by atoms with E-state index in [4.69, 9.17) is 9.47 Å². The van der Waals surface area contributed by atoms with E-state index in [1.807, 2.05) is 30.3 Å². The zero-order valence-electron chi connectivity index (χ0n) is 16.6. The highest BCUT2D eigenvalue weighted by molar-refractivity contribution is 7.22. The molecule has 2 aromatic carbocycles. The van der Waals surface area contributed by atoms with E-state index in [0.717, 1.165) is 23.0 Å². The summed E-state index contributed by atoms with van der Waals surface area (Å²) in [6.07, 6.45) is -7.07. The van der Waals surface area contributed by atoms with Gasteiger partial charge in [0.05, 0.1) is 10.2 Å². The lowest BCUT2D eigenvalue weighted by Crippen LogP contribution is -2.29. The number of fused-ring (bicyclic) bond motifs is 1. The zero-order chi connectivity index (χ0) is 23.1. The Morgan fingerprint density at radius 2 is 1.88 bits per heavy atom. The van der Waals surface area contributed by atoms with Crippen molar-refractivity contribution in [2.75, 3.05) is 11.9 Å². The number of hydrogen-bond acceptors (Lipinski definition) is 7. The number of anilines is 1. The van der Waals surface area contributed by atoms with Crippen LogP contribution in [0, 0.1) is 0 Å². The van der Waals surface area contributed by atoms with E-state index in [2.05, 4.69) is 20.4 Å². The summed E-state index contributed by atoms with van der Waals surface area (Å²) in [5, 5.41) is 5.09. The summed E-state index contributed by atoms with van der Waals surface area (Å²) in [5.74, 6) is -0.390. The number of carbonyl (C=O) groups excluding carboxylic acids is 2. The molecule has 0 radical (unpaired) electrons. The van der Waals surface area contributed by atoms with Crippen LogP contribution in [0.4, 0.5) is 27.9 Å². The van der Waals surface area contributed by atoms with E-state index in [9.17, 15) is 22.8 Å². The molecule has 0 aliphatic heterocycles. The fraction of sp³-hybridized carbons (Fsp3) is 0.250. The van der Waals surface area contributed by atoms with Crippen LogP contribution >= 0.6 is 11.3 Å². The Morgan fingerprint density at radius 1 is 1.12 bits per heavy atom. The van der Waals surface area contributed by atoms with Crippen LogP contribution in [0.2, 0.25) is 0 Å². The SMILES string of the molecule is CC(COC(=O)NCc1ccccc1)OC(=O)Nc1nc2ccc(OC(F)(F)F)cc2s1. The fourth-order valence-corrected chi connectivity index (χ4v) is 3.38. The third kappa shape index (κ3) is 7.30. The lowest BCUT2D eigenvalue weighted by atomic mass is 10.2. The fourth-order valence-electron chi connectivity index (χ4n) is 2.50. The summed E-state index contributed by atoms with van der Waals surface area (Å²) in [5.41, 5.74) is 1.28. The smallest absolute Gasteiger partial charge is 0.446 e. The average molecular weight is 469 g/mol. The van der Waals surface area contributed by atoms with Gasteiger partial charge in [0, 0.05) is 12.6 Å². The highest BCUT2D eigenvalue weighted by Gasteiger charge is 2.31. The summed E-state index contributed by atoms with van der Waals surface area (Å²) < 4.78 is 51.3. The number of rotatable bonds is 7. The summed E-state index contributed by atoms with van der Waals surface area (Å²) in [4.78, 5) is 27.8. The summed E-state index contributed by atoms with van der Waals surface area (Å²) >= 11 is 0.950. The lowest BCUT2D eigenvalue weighted by Gasteiger charge is -2.14. The number of thiazole rings is 1. The molecule has 0 bridgehead atoms. The number of halogens is 3. The molecule has 2 amide bonds. The maximum Gasteiger partial charge on any atom is 0.573 e. The zero-order valence-corrected chi connectivity index (χ0v) is 17.5. The summed E-state index contributed by atoms with van der Waals surface area (Å²) in [7, 11) is 0. The highest BCUT2D eigenvalue weighted by Crippen LogP contribution is 2.31. The average Bonchev–Trinajstić information content (AvgIpc) is 3.11. The molecule has 8 nitrogen and oxygen atoms in total. The summed E-state index contributed by atoms with van der Waals surface area (Å²) in [6, 6.07) is 12.9. The first-order valence-corrected chi connectivity index (χ1v) is 10.1. The number of aromatic nitrogens is 1. The second-order valence-electron chi connectivity index (χ2n) is 6.47. The van der Waals surface area contributed by atoms with Gasteiger partial charge in [-0.2, -0.15) is 0 Å². The molecule has 3 rings (SSSR count). The van der Waals surface area contributed by atoms with Crippen molar-refractivity contribution in [1.82, 2.24) is 10.3 Å². The largest absolute Gasteiger partial charge is 0.573 e. The quantitative estimate of drug-likeness (QED) is 0.502. The van der Waals surface area contributed by atoms with Crippen LogP contribution in [0.25, 0.3) is 10.2 Å². The monoisotopic (exact) mass is 469 g/mol. The Kier molecular flexibility index (Phi) is 7.36. The Hall–Kier alpha value is -3.54. The third-order valence-corrected chi connectivity index (χ3v) is 4.77. The number of amides is 2. The molecule has 0 aliphatic carbocycles. The second kappa shape index (κ2) is 10.2. The van der Waals surface area contributed by atoms with Crippen LogP contribution in [0.15, 0.2) is 48.5 Å². The molecular weight excluding hydrogens is 451 g/mol. The van der Waals surface area contributed by atoms with Gasteiger partial charge in [-0.1, -0.05) is 41.7 Å². The van der Waals surface area contributed by atoms with Gasteiger partial charge >= 0.3 is 18.5 Å². The maximum atomic E-state index is 12.3. The van der Waals surface area contributed by atoms with Crippen LogP contribution in [-0.4, -0.2) is 36.2 Å². The molecule has 3 aromatic rings. The number of hydrogen-bond donors (Lipinski definition) is 2. The van der Waals surface area contributed by atoms with Gasteiger partial charge in [0.1, 0.15) is 18.5 Å². The second-order valence-corrected chi connectivity index (χ2v) is 7.51. The molecule has 1 atom stereocenters. The normalized spacial score (nSPS) is 12.1. The number of nitrogens with zero attached hydrogens (tertiary/aromatic N) is 1. The van der Waals surface area contributed by atoms with Gasteiger partial charge in [0.15, 0.2) is 5.13 Å². The Labute approximate surface area is 184 Å². The lowest BCUT2D eigenvalue weighted by molar-refractivity contribution is -0.274.